The van der Waals surface area contributed by atoms with Crippen LogP contribution >= 0.6 is 0 Å². The lowest BCUT2D eigenvalue weighted by Gasteiger charge is -2.14. The molecule has 0 saturated carbocycles. The van der Waals surface area contributed by atoms with Crippen molar-refractivity contribution in [3.8, 4) is 0 Å². The highest BCUT2D eigenvalue weighted by molar-refractivity contribution is 5.98. The SMILES string of the molecule is CC1CC(=O)Nc2cccc(C=Cc3ccc(N)cc3)c2N1. The van der Waals surface area contributed by atoms with E-state index in [-0.39, 0.29) is 11.9 Å². The Morgan fingerprint density at radius 1 is 1.14 bits per heavy atom. The lowest BCUT2D eigenvalue weighted by Crippen LogP contribution is -2.19. The monoisotopic (exact) mass is 293 g/mol. The van der Waals surface area contributed by atoms with Gasteiger partial charge in [-0.25, -0.2) is 0 Å². The normalized spacial score (nSPS) is 17.5. The van der Waals surface area contributed by atoms with Gasteiger partial charge in [0, 0.05) is 18.2 Å². The molecule has 1 unspecified atom stereocenters. The summed E-state index contributed by atoms with van der Waals surface area (Å²) in [6.45, 7) is 2.01. The molecule has 0 radical (unpaired) electrons. The summed E-state index contributed by atoms with van der Waals surface area (Å²) in [5.74, 6) is 0.0402. The second-order valence-electron chi connectivity index (χ2n) is 5.57. The van der Waals surface area contributed by atoms with E-state index in [9.17, 15) is 4.79 Å². The number of rotatable bonds is 2. The number of benzene rings is 2. The van der Waals surface area contributed by atoms with Crippen molar-refractivity contribution in [2.75, 3.05) is 16.4 Å². The molecule has 4 heteroatoms. The average Bonchev–Trinajstić information content (AvgIpc) is 2.63. The van der Waals surface area contributed by atoms with Crippen LogP contribution in [-0.2, 0) is 4.79 Å². The number of para-hydroxylation sites is 1. The highest BCUT2D eigenvalue weighted by Gasteiger charge is 2.18. The first kappa shape index (κ1) is 14.2. The molecule has 1 atom stereocenters. The predicted octanol–water partition coefficient (Wildman–Crippen LogP) is 3.58. The molecule has 0 saturated heterocycles. The van der Waals surface area contributed by atoms with Gasteiger partial charge in [-0.05, 0) is 36.2 Å². The molecule has 0 spiro atoms. The Balaban J connectivity index is 1.93. The third-order valence-electron chi connectivity index (χ3n) is 3.64. The summed E-state index contributed by atoms with van der Waals surface area (Å²) in [4.78, 5) is 11.8. The average molecular weight is 293 g/mol. The summed E-state index contributed by atoms with van der Waals surface area (Å²) in [5, 5.41) is 6.36. The van der Waals surface area contributed by atoms with Crippen LogP contribution in [0.2, 0.25) is 0 Å². The van der Waals surface area contributed by atoms with Gasteiger partial charge in [-0.15, -0.1) is 0 Å². The molecule has 1 amide bonds. The van der Waals surface area contributed by atoms with Crippen LogP contribution in [0.25, 0.3) is 12.2 Å². The van der Waals surface area contributed by atoms with Crippen LogP contribution in [-0.4, -0.2) is 11.9 Å². The van der Waals surface area contributed by atoms with Gasteiger partial charge in [-0.3, -0.25) is 4.79 Å². The van der Waals surface area contributed by atoms with Crippen LogP contribution in [0.1, 0.15) is 24.5 Å². The molecule has 3 rings (SSSR count). The molecule has 4 N–H and O–H groups in total. The molecule has 2 aromatic rings. The molecule has 1 aliphatic heterocycles. The number of carbonyl (C=O) groups excluding carboxylic acids is 1. The molecule has 1 aliphatic rings. The Morgan fingerprint density at radius 3 is 2.68 bits per heavy atom. The largest absolute Gasteiger partial charge is 0.399 e. The van der Waals surface area contributed by atoms with E-state index in [1.165, 1.54) is 0 Å². The Labute approximate surface area is 130 Å². The minimum absolute atomic E-state index is 0.0402. The molecule has 4 nitrogen and oxygen atoms in total. The number of fused-ring (bicyclic) bond motifs is 1. The van der Waals surface area contributed by atoms with Crippen molar-refractivity contribution in [2.24, 2.45) is 0 Å². The van der Waals surface area contributed by atoms with Crippen molar-refractivity contribution in [1.29, 1.82) is 0 Å². The van der Waals surface area contributed by atoms with E-state index in [2.05, 4.69) is 10.6 Å². The minimum Gasteiger partial charge on any atom is -0.399 e. The van der Waals surface area contributed by atoms with E-state index in [1.807, 2.05) is 61.5 Å². The summed E-state index contributed by atoms with van der Waals surface area (Å²) in [6.07, 6.45) is 4.55. The Kier molecular flexibility index (Phi) is 3.83. The molecule has 22 heavy (non-hydrogen) atoms. The van der Waals surface area contributed by atoms with E-state index >= 15 is 0 Å². The first-order valence-electron chi connectivity index (χ1n) is 7.35. The number of carbonyl (C=O) groups is 1. The second kappa shape index (κ2) is 5.93. The molecule has 2 aromatic carbocycles. The zero-order chi connectivity index (χ0) is 15.5. The molecule has 0 bridgehead atoms. The molecule has 0 aromatic heterocycles. The van der Waals surface area contributed by atoms with Crippen molar-refractivity contribution in [2.45, 2.75) is 19.4 Å². The summed E-state index contributed by atoms with van der Waals surface area (Å²) in [5.41, 5.74) is 10.4. The van der Waals surface area contributed by atoms with Crippen LogP contribution < -0.4 is 16.4 Å². The van der Waals surface area contributed by atoms with E-state index in [1.54, 1.807) is 0 Å². The second-order valence-corrected chi connectivity index (χ2v) is 5.57. The molecule has 1 heterocycles. The fourth-order valence-electron chi connectivity index (χ4n) is 2.54. The highest BCUT2D eigenvalue weighted by atomic mass is 16.1. The lowest BCUT2D eigenvalue weighted by atomic mass is 10.1. The van der Waals surface area contributed by atoms with Crippen LogP contribution in [0.5, 0.6) is 0 Å². The van der Waals surface area contributed by atoms with Crippen LogP contribution in [0, 0.1) is 0 Å². The van der Waals surface area contributed by atoms with Crippen LogP contribution in [0.15, 0.2) is 42.5 Å². The fourth-order valence-corrected chi connectivity index (χ4v) is 2.54. The van der Waals surface area contributed by atoms with E-state index < -0.39 is 0 Å². The summed E-state index contributed by atoms with van der Waals surface area (Å²) in [7, 11) is 0. The smallest absolute Gasteiger partial charge is 0.226 e. The number of nitrogens with two attached hydrogens (primary N) is 1. The van der Waals surface area contributed by atoms with Crippen LogP contribution in [0.4, 0.5) is 17.1 Å². The van der Waals surface area contributed by atoms with Crippen molar-refractivity contribution in [1.82, 2.24) is 0 Å². The summed E-state index contributed by atoms with van der Waals surface area (Å²) in [6, 6.07) is 13.7. The summed E-state index contributed by atoms with van der Waals surface area (Å²) >= 11 is 0. The van der Waals surface area contributed by atoms with Gasteiger partial charge in [-0.2, -0.15) is 0 Å². The standard InChI is InChI=1S/C18H19N3O/c1-12-11-17(22)21-16-4-2-3-14(18(16)20-12)8-5-13-6-9-15(19)10-7-13/h2-10,12,20H,11,19H2,1H3,(H,21,22). The predicted molar refractivity (Wildman–Crippen MR) is 92.6 cm³/mol. The fraction of sp³-hybridized carbons (Fsp3) is 0.167. The molecule has 0 fully saturated rings. The first-order chi connectivity index (χ1) is 10.6. The minimum atomic E-state index is 0.0402. The van der Waals surface area contributed by atoms with Gasteiger partial charge in [0.05, 0.1) is 11.4 Å². The van der Waals surface area contributed by atoms with Gasteiger partial charge in [0.15, 0.2) is 0 Å². The van der Waals surface area contributed by atoms with E-state index in [4.69, 9.17) is 5.73 Å². The molecule has 112 valence electrons. The van der Waals surface area contributed by atoms with Crippen molar-refractivity contribution < 1.29 is 4.79 Å². The van der Waals surface area contributed by atoms with Gasteiger partial charge >= 0.3 is 0 Å². The van der Waals surface area contributed by atoms with Crippen LogP contribution in [0.3, 0.4) is 0 Å². The molecular formula is C18H19N3O. The van der Waals surface area contributed by atoms with Gasteiger partial charge < -0.3 is 16.4 Å². The van der Waals surface area contributed by atoms with Gasteiger partial charge in [0.2, 0.25) is 5.91 Å². The number of anilines is 3. The third-order valence-corrected chi connectivity index (χ3v) is 3.64. The van der Waals surface area contributed by atoms with Gasteiger partial charge in [-0.1, -0.05) is 36.4 Å². The highest BCUT2D eigenvalue weighted by Crippen LogP contribution is 2.31. The number of hydrogen-bond acceptors (Lipinski definition) is 3. The molecule has 0 aliphatic carbocycles. The quantitative estimate of drug-likeness (QED) is 0.585. The van der Waals surface area contributed by atoms with Crippen molar-refractivity contribution in [3.63, 3.8) is 0 Å². The van der Waals surface area contributed by atoms with E-state index in [0.29, 0.717) is 6.42 Å². The summed E-state index contributed by atoms with van der Waals surface area (Å²) < 4.78 is 0. The van der Waals surface area contributed by atoms with Crippen molar-refractivity contribution >= 4 is 35.1 Å². The topological polar surface area (TPSA) is 67.2 Å². The van der Waals surface area contributed by atoms with Crippen molar-refractivity contribution in [3.05, 3.63) is 53.6 Å². The third kappa shape index (κ3) is 3.11. The number of hydrogen-bond donors (Lipinski definition) is 3. The van der Waals surface area contributed by atoms with Gasteiger partial charge in [0.1, 0.15) is 0 Å². The number of nitrogen functional groups attached to an aromatic ring is 1. The number of nitrogens with one attached hydrogen (secondary N) is 2. The Morgan fingerprint density at radius 2 is 1.91 bits per heavy atom. The zero-order valence-electron chi connectivity index (χ0n) is 12.5. The Bertz CT molecular complexity index is 720. The number of amides is 1. The lowest BCUT2D eigenvalue weighted by molar-refractivity contribution is -0.116. The zero-order valence-corrected chi connectivity index (χ0v) is 12.5. The van der Waals surface area contributed by atoms with Gasteiger partial charge in [0.25, 0.3) is 0 Å². The maximum atomic E-state index is 11.8. The van der Waals surface area contributed by atoms with E-state index in [0.717, 1.165) is 28.2 Å². The maximum Gasteiger partial charge on any atom is 0.226 e. The first-order valence-corrected chi connectivity index (χ1v) is 7.35. The Hall–Kier alpha value is -2.75. The molecular weight excluding hydrogens is 274 g/mol. The maximum absolute atomic E-state index is 11.8.